The topological polar surface area (TPSA) is 94.6 Å². The van der Waals surface area contributed by atoms with E-state index in [1.54, 1.807) is 19.4 Å². The maximum atomic E-state index is 12.3. The molecule has 5 rings (SSSR count). The Morgan fingerprint density at radius 3 is 2.67 bits per heavy atom. The Morgan fingerprint density at radius 1 is 1.20 bits per heavy atom. The summed E-state index contributed by atoms with van der Waals surface area (Å²) >= 11 is 6.58. The second-order valence-corrected chi connectivity index (χ2v) is 10.4. The van der Waals surface area contributed by atoms with Gasteiger partial charge in [-0.15, -0.1) is 0 Å². The Kier molecular flexibility index (Phi) is 4.46. The molecule has 0 radical (unpaired) electrons. The van der Waals surface area contributed by atoms with Gasteiger partial charge in [0.1, 0.15) is 5.54 Å². The van der Waals surface area contributed by atoms with E-state index in [9.17, 15) is 13.2 Å². The van der Waals surface area contributed by atoms with Crippen LogP contribution in [0.3, 0.4) is 0 Å². The first kappa shape index (κ1) is 19.6. The molecule has 2 saturated heterocycles. The van der Waals surface area contributed by atoms with Gasteiger partial charge in [0.2, 0.25) is 15.9 Å². The highest BCUT2D eigenvalue weighted by Gasteiger charge is 2.44. The lowest BCUT2D eigenvalue weighted by molar-refractivity contribution is -0.124. The highest BCUT2D eigenvalue weighted by Crippen LogP contribution is 2.41. The monoisotopic (exact) mass is 447 g/mol. The Balaban J connectivity index is 1.49. The van der Waals surface area contributed by atoms with Crippen LogP contribution in [-0.2, 0) is 20.6 Å². The fourth-order valence-electron chi connectivity index (χ4n) is 4.64. The molecule has 158 valence electrons. The molecule has 0 bridgehead atoms. The molecular weight excluding hydrogens is 426 g/mol. The Hall–Kier alpha value is -2.36. The largest absolute Gasteiger partial charge is 0.370 e. The number of amides is 1. The molecule has 4 heterocycles. The molecule has 0 unspecified atom stereocenters. The van der Waals surface area contributed by atoms with E-state index in [-0.39, 0.29) is 11.7 Å². The lowest BCUT2D eigenvalue weighted by atomic mass is 9.87. The number of aromatic nitrogens is 1. The standard InChI is InChI=1S/C20H22ClN5O3S/c1-25-17-3-2-13(8-14(17)11-30(25,28)29)15-9-22-10-16(21)18(15)26-6-4-20(5-7-26)19(27)23-12-24-20/h2-3,8-10,24H,4-7,11-12H2,1H3,(H,23,27). The van der Waals surface area contributed by atoms with Crippen molar-refractivity contribution in [1.82, 2.24) is 15.6 Å². The third-order valence-corrected chi connectivity index (χ3v) is 8.38. The number of nitrogens with zero attached hydrogens (tertiary/aromatic N) is 3. The van der Waals surface area contributed by atoms with Crippen LogP contribution < -0.4 is 19.8 Å². The molecule has 1 spiro atoms. The van der Waals surface area contributed by atoms with Gasteiger partial charge in [0.15, 0.2) is 0 Å². The normalized spacial score (nSPS) is 21.7. The lowest BCUT2D eigenvalue weighted by Gasteiger charge is -2.39. The zero-order valence-corrected chi connectivity index (χ0v) is 18.1. The van der Waals surface area contributed by atoms with Crippen molar-refractivity contribution in [3.8, 4) is 11.1 Å². The Morgan fingerprint density at radius 2 is 1.97 bits per heavy atom. The first-order valence-corrected chi connectivity index (χ1v) is 11.8. The predicted octanol–water partition coefficient (Wildman–Crippen LogP) is 1.70. The lowest BCUT2D eigenvalue weighted by Crippen LogP contribution is -2.54. The van der Waals surface area contributed by atoms with Gasteiger partial charge >= 0.3 is 0 Å². The molecule has 1 aromatic carbocycles. The van der Waals surface area contributed by atoms with E-state index in [4.69, 9.17) is 11.6 Å². The summed E-state index contributed by atoms with van der Waals surface area (Å²) in [7, 11) is -1.73. The number of carbonyl (C=O) groups is 1. The van der Waals surface area contributed by atoms with Crippen molar-refractivity contribution >= 4 is 38.9 Å². The number of benzene rings is 1. The first-order chi connectivity index (χ1) is 14.3. The van der Waals surface area contributed by atoms with Gasteiger partial charge in [0.25, 0.3) is 0 Å². The van der Waals surface area contributed by atoms with Crippen LogP contribution >= 0.6 is 11.6 Å². The summed E-state index contributed by atoms with van der Waals surface area (Å²) in [5.74, 6) is 0.0513. The SMILES string of the molecule is CN1c2ccc(-c3cncc(Cl)c3N3CCC4(CC3)NCNC4=O)cc2CS1(=O)=O. The first-order valence-electron chi connectivity index (χ1n) is 9.82. The smallest absolute Gasteiger partial charge is 0.241 e. The molecule has 8 nitrogen and oxygen atoms in total. The maximum absolute atomic E-state index is 12.3. The van der Waals surface area contributed by atoms with Crippen LogP contribution in [0.25, 0.3) is 11.1 Å². The van der Waals surface area contributed by atoms with Crippen LogP contribution in [0, 0.1) is 0 Å². The van der Waals surface area contributed by atoms with E-state index >= 15 is 0 Å². The molecule has 3 aliphatic rings. The van der Waals surface area contributed by atoms with Crippen LogP contribution in [0.2, 0.25) is 5.02 Å². The van der Waals surface area contributed by atoms with Gasteiger partial charge in [0, 0.05) is 38.1 Å². The van der Waals surface area contributed by atoms with Gasteiger partial charge in [0.05, 0.1) is 28.8 Å². The Bertz CT molecular complexity index is 1150. The average molecular weight is 448 g/mol. The number of anilines is 2. The van der Waals surface area contributed by atoms with E-state index in [2.05, 4.69) is 20.5 Å². The zero-order valence-electron chi connectivity index (χ0n) is 16.5. The van der Waals surface area contributed by atoms with Crippen molar-refractivity contribution in [2.24, 2.45) is 0 Å². The fourth-order valence-corrected chi connectivity index (χ4v) is 6.21. The van der Waals surface area contributed by atoms with Gasteiger partial charge in [-0.1, -0.05) is 17.7 Å². The number of carbonyl (C=O) groups excluding carboxylic acids is 1. The van der Waals surface area contributed by atoms with Crippen molar-refractivity contribution in [2.75, 3.05) is 36.0 Å². The van der Waals surface area contributed by atoms with Gasteiger partial charge in [-0.3, -0.25) is 19.4 Å². The van der Waals surface area contributed by atoms with Gasteiger partial charge in [-0.2, -0.15) is 0 Å². The van der Waals surface area contributed by atoms with E-state index in [1.807, 2.05) is 18.2 Å². The maximum Gasteiger partial charge on any atom is 0.241 e. The molecule has 2 aromatic rings. The molecule has 0 atom stereocenters. The molecule has 2 N–H and O–H groups in total. The van der Waals surface area contributed by atoms with Crippen molar-refractivity contribution in [2.45, 2.75) is 24.1 Å². The van der Waals surface area contributed by atoms with Crippen LogP contribution in [0.5, 0.6) is 0 Å². The molecule has 3 aliphatic heterocycles. The number of halogens is 1. The Labute approximate surface area is 180 Å². The van der Waals surface area contributed by atoms with E-state index < -0.39 is 15.6 Å². The van der Waals surface area contributed by atoms with Gasteiger partial charge in [-0.05, 0) is 36.1 Å². The number of hydrogen-bond donors (Lipinski definition) is 2. The van der Waals surface area contributed by atoms with Crippen LogP contribution in [0.1, 0.15) is 18.4 Å². The van der Waals surface area contributed by atoms with Crippen molar-refractivity contribution in [3.05, 3.63) is 41.2 Å². The minimum atomic E-state index is -3.30. The minimum absolute atomic E-state index is 0.0109. The highest BCUT2D eigenvalue weighted by atomic mass is 35.5. The third-order valence-electron chi connectivity index (χ3n) is 6.40. The number of rotatable bonds is 2. The fraction of sp³-hybridized carbons (Fsp3) is 0.400. The number of nitrogens with one attached hydrogen (secondary N) is 2. The van der Waals surface area contributed by atoms with E-state index in [0.717, 1.165) is 22.4 Å². The number of sulfonamides is 1. The van der Waals surface area contributed by atoms with Crippen LogP contribution in [-0.4, -0.2) is 51.7 Å². The molecule has 30 heavy (non-hydrogen) atoms. The molecular formula is C20H22ClN5O3S. The van der Waals surface area contributed by atoms with Crippen molar-refractivity contribution < 1.29 is 13.2 Å². The minimum Gasteiger partial charge on any atom is -0.370 e. The molecule has 0 aliphatic carbocycles. The molecule has 1 amide bonds. The molecule has 0 saturated carbocycles. The second kappa shape index (κ2) is 6.83. The van der Waals surface area contributed by atoms with Gasteiger partial charge in [-0.25, -0.2) is 8.42 Å². The third kappa shape index (κ3) is 2.95. The zero-order chi connectivity index (χ0) is 21.1. The summed E-state index contributed by atoms with van der Waals surface area (Å²) in [6.07, 6.45) is 4.76. The summed E-state index contributed by atoms with van der Waals surface area (Å²) < 4.78 is 25.8. The summed E-state index contributed by atoms with van der Waals surface area (Å²) in [5, 5.41) is 6.70. The van der Waals surface area contributed by atoms with Crippen LogP contribution in [0.4, 0.5) is 11.4 Å². The second-order valence-electron chi connectivity index (χ2n) is 8.01. The van der Waals surface area contributed by atoms with Gasteiger partial charge < -0.3 is 10.2 Å². The van der Waals surface area contributed by atoms with Crippen molar-refractivity contribution in [1.29, 1.82) is 0 Å². The molecule has 2 fully saturated rings. The summed E-state index contributed by atoms with van der Waals surface area (Å²) in [6, 6.07) is 5.65. The van der Waals surface area contributed by atoms with Crippen molar-refractivity contribution in [3.63, 3.8) is 0 Å². The molecule has 1 aromatic heterocycles. The quantitative estimate of drug-likeness (QED) is 0.727. The summed E-state index contributed by atoms with van der Waals surface area (Å²) in [5.41, 5.74) is 3.58. The number of hydrogen-bond acceptors (Lipinski definition) is 6. The summed E-state index contributed by atoms with van der Waals surface area (Å²) in [4.78, 5) is 18.7. The number of fused-ring (bicyclic) bond motifs is 1. The van der Waals surface area contributed by atoms with E-state index in [1.165, 1.54) is 4.31 Å². The van der Waals surface area contributed by atoms with E-state index in [0.29, 0.717) is 43.3 Å². The number of piperidine rings is 1. The average Bonchev–Trinajstić information content (AvgIpc) is 3.18. The molecule has 10 heteroatoms. The number of pyridine rings is 1. The van der Waals surface area contributed by atoms with Crippen LogP contribution in [0.15, 0.2) is 30.6 Å². The predicted molar refractivity (Wildman–Crippen MR) is 116 cm³/mol. The highest BCUT2D eigenvalue weighted by molar-refractivity contribution is 7.92. The summed E-state index contributed by atoms with van der Waals surface area (Å²) in [6.45, 7) is 1.87.